The minimum Gasteiger partial charge on any atom is -0.353 e. The van der Waals surface area contributed by atoms with E-state index in [2.05, 4.69) is 39.9 Å². The van der Waals surface area contributed by atoms with Gasteiger partial charge in [0.2, 0.25) is 11.8 Å². The Balaban J connectivity index is 1.60. The van der Waals surface area contributed by atoms with Crippen LogP contribution in [0.25, 0.3) is 11.1 Å². The topological polar surface area (TPSA) is 80.1 Å². The highest BCUT2D eigenvalue weighted by molar-refractivity contribution is 5.86. The first kappa shape index (κ1) is 22.7. The Morgan fingerprint density at radius 1 is 1.09 bits per heavy atom. The molecule has 33 heavy (non-hydrogen) atoms. The number of nitrogens with zero attached hydrogens (tertiary/aromatic N) is 4. The SMILES string of the molecule is Cc1cn(CC(=O)N2CC[C@](Cc3ccccc3-c3ccccc3)(C(=O)NC(C)C)C2)nn1. The van der Waals surface area contributed by atoms with Crippen molar-refractivity contribution in [2.75, 3.05) is 13.1 Å². The van der Waals surface area contributed by atoms with Gasteiger partial charge in [0.15, 0.2) is 0 Å². The Hall–Kier alpha value is -3.48. The van der Waals surface area contributed by atoms with Crippen molar-refractivity contribution in [2.24, 2.45) is 5.41 Å². The van der Waals surface area contributed by atoms with Crippen LogP contribution in [-0.2, 0) is 22.6 Å². The maximum Gasteiger partial charge on any atom is 0.244 e. The van der Waals surface area contributed by atoms with E-state index in [9.17, 15) is 9.59 Å². The molecule has 1 fully saturated rings. The molecule has 7 heteroatoms. The fourth-order valence-corrected chi connectivity index (χ4v) is 4.56. The molecule has 2 amide bonds. The molecule has 4 rings (SSSR count). The number of carbonyl (C=O) groups excluding carboxylic acids is 2. The molecule has 0 spiro atoms. The van der Waals surface area contributed by atoms with Gasteiger partial charge in [0, 0.05) is 25.3 Å². The van der Waals surface area contributed by atoms with E-state index in [0.29, 0.717) is 25.9 Å². The molecule has 1 saturated heterocycles. The summed E-state index contributed by atoms with van der Waals surface area (Å²) >= 11 is 0. The predicted molar refractivity (Wildman–Crippen MR) is 127 cm³/mol. The molecule has 7 nitrogen and oxygen atoms in total. The number of hydrogen-bond acceptors (Lipinski definition) is 4. The molecule has 1 aromatic heterocycles. The van der Waals surface area contributed by atoms with Gasteiger partial charge in [-0.15, -0.1) is 5.10 Å². The van der Waals surface area contributed by atoms with E-state index in [1.165, 1.54) is 0 Å². The minimum atomic E-state index is -0.677. The van der Waals surface area contributed by atoms with E-state index in [4.69, 9.17) is 0 Å². The Kier molecular flexibility index (Phi) is 6.58. The zero-order chi connectivity index (χ0) is 23.4. The van der Waals surface area contributed by atoms with Crippen LogP contribution in [0.4, 0.5) is 0 Å². The molecule has 172 valence electrons. The van der Waals surface area contributed by atoms with E-state index >= 15 is 0 Å². The predicted octanol–water partition coefficient (Wildman–Crippen LogP) is 3.24. The van der Waals surface area contributed by atoms with Crippen LogP contribution in [0, 0.1) is 12.3 Å². The van der Waals surface area contributed by atoms with Crippen molar-refractivity contribution < 1.29 is 9.59 Å². The third kappa shape index (κ3) is 5.13. The van der Waals surface area contributed by atoms with Gasteiger partial charge >= 0.3 is 0 Å². The number of carbonyl (C=O) groups is 2. The van der Waals surface area contributed by atoms with Gasteiger partial charge in [-0.2, -0.15) is 0 Å². The number of likely N-dealkylation sites (tertiary alicyclic amines) is 1. The van der Waals surface area contributed by atoms with Gasteiger partial charge in [-0.3, -0.25) is 9.59 Å². The first-order valence-electron chi connectivity index (χ1n) is 11.5. The molecule has 0 saturated carbocycles. The molecule has 2 heterocycles. The number of aromatic nitrogens is 3. The van der Waals surface area contributed by atoms with Crippen LogP contribution in [0.3, 0.4) is 0 Å². The molecule has 0 aliphatic carbocycles. The Morgan fingerprint density at radius 2 is 1.82 bits per heavy atom. The van der Waals surface area contributed by atoms with Crippen LogP contribution in [0.15, 0.2) is 60.8 Å². The maximum atomic E-state index is 13.5. The molecule has 3 aromatic rings. The van der Waals surface area contributed by atoms with Crippen molar-refractivity contribution in [1.29, 1.82) is 0 Å². The number of amides is 2. The summed E-state index contributed by atoms with van der Waals surface area (Å²) in [5.41, 5.74) is 3.46. The average Bonchev–Trinajstić information content (AvgIpc) is 3.41. The summed E-state index contributed by atoms with van der Waals surface area (Å²) in [5, 5.41) is 11.1. The normalized spacial score (nSPS) is 18.0. The zero-order valence-electron chi connectivity index (χ0n) is 19.5. The van der Waals surface area contributed by atoms with Crippen LogP contribution in [0.2, 0.25) is 0 Å². The molecule has 1 aliphatic heterocycles. The van der Waals surface area contributed by atoms with E-state index in [-0.39, 0.29) is 24.4 Å². The van der Waals surface area contributed by atoms with E-state index in [1.54, 1.807) is 15.8 Å². The van der Waals surface area contributed by atoms with Crippen LogP contribution >= 0.6 is 0 Å². The summed E-state index contributed by atoms with van der Waals surface area (Å²) in [5.74, 6) is -0.0391. The number of benzene rings is 2. The second-order valence-electron chi connectivity index (χ2n) is 9.23. The third-order valence-electron chi connectivity index (χ3n) is 6.19. The Labute approximate surface area is 194 Å². The number of rotatable bonds is 7. The average molecular weight is 446 g/mol. The molecule has 1 N–H and O–H groups in total. The molecule has 0 unspecified atom stereocenters. The third-order valence-corrected chi connectivity index (χ3v) is 6.19. The highest BCUT2D eigenvalue weighted by Crippen LogP contribution is 2.37. The molecule has 2 aromatic carbocycles. The standard InChI is InChI=1S/C26H31N5O2/c1-19(2)27-25(33)26(13-14-30(18-26)24(32)17-31-16-20(3)28-29-31)15-22-11-7-8-12-23(22)21-9-5-4-6-10-21/h4-12,16,19H,13-15,17-18H2,1-3H3,(H,27,33)/t26-/m1/s1. The van der Waals surface area contributed by atoms with E-state index in [0.717, 1.165) is 22.4 Å². The second-order valence-corrected chi connectivity index (χ2v) is 9.23. The van der Waals surface area contributed by atoms with Crippen LogP contribution in [-0.4, -0.2) is 50.8 Å². The van der Waals surface area contributed by atoms with Gasteiger partial charge in [0.1, 0.15) is 6.54 Å². The van der Waals surface area contributed by atoms with Gasteiger partial charge in [-0.05, 0) is 50.3 Å². The summed E-state index contributed by atoms with van der Waals surface area (Å²) in [4.78, 5) is 28.3. The molecule has 1 aliphatic rings. The van der Waals surface area contributed by atoms with E-state index in [1.807, 2.05) is 51.1 Å². The Bertz CT molecular complexity index is 1120. The first-order valence-corrected chi connectivity index (χ1v) is 11.5. The summed E-state index contributed by atoms with van der Waals surface area (Å²) in [6.45, 7) is 6.84. The number of aryl methyl sites for hydroxylation is 1. The lowest BCUT2D eigenvalue weighted by molar-refractivity contribution is -0.134. The molecule has 0 radical (unpaired) electrons. The van der Waals surface area contributed by atoms with Crippen molar-refractivity contribution in [2.45, 2.75) is 46.2 Å². The van der Waals surface area contributed by atoms with Crippen molar-refractivity contribution in [1.82, 2.24) is 25.2 Å². The highest BCUT2D eigenvalue weighted by Gasteiger charge is 2.46. The smallest absolute Gasteiger partial charge is 0.244 e. The molecule has 1 atom stereocenters. The van der Waals surface area contributed by atoms with Gasteiger partial charge in [-0.25, -0.2) is 4.68 Å². The van der Waals surface area contributed by atoms with Crippen molar-refractivity contribution in [3.63, 3.8) is 0 Å². The summed E-state index contributed by atoms with van der Waals surface area (Å²) in [6.07, 6.45) is 2.95. The van der Waals surface area contributed by atoms with Gasteiger partial charge in [0.05, 0.1) is 11.1 Å². The summed E-state index contributed by atoms with van der Waals surface area (Å²) < 4.78 is 1.55. The van der Waals surface area contributed by atoms with Crippen molar-refractivity contribution >= 4 is 11.8 Å². The summed E-state index contributed by atoms with van der Waals surface area (Å²) in [6, 6.07) is 18.5. The number of nitrogens with one attached hydrogen (secondary N) is 1. The van der Waals surface area contributed by atoms with Crippen molar-refractivity contribution in [3.8, 4) is 11.1 Å². The molecule has 0 bridgehead atoms. The largest absolute Gasteiger partial charge is 0.353 e. The Morgan fingerprint density at radius 3 is 2.52 bits per heavy atom. The lowest BCUT2D eigenvalue weighted by Gasteiger charge is -2.30. The fraction of sp³-hybridized carbons (Fsp3) is 0.385. The second kappa shape index (κ2) is 9.57. The number of hydrogen-bond donors (Lipinski definition) is 1. The summed E-state index contributed by atoms with van der Waals surface area (Å²) in [7, 11) is 0. The zero-order valence-corrected chi connectivity index (χ0v) is 19.5. The van der Waals surface area contributed by atoms with Crippen LogP contribution in [0.1, 0.15) is 31.5 Å². The monoisotopic (exact) mass is 445 g/mol. The quantitative estimate of drug-likeness (QED) is 0.606. The molecular weight excluding hydrogens is 414 g/mol. The van der Waals surface area contributed by atoms with Crippen LogP contribution in [0.5, 0.6) is 0 Å². The van der Waals surface area contributed by atoms with Gasteiger partial charge < -0.3 is 10.2 Å². The fourth-order valence-electron chi connectivity index (χ4n) is 4.56. The van der Waals surface area contributed by atoms with Gasteiger partial charge in [-0.1, -0.05) is 59.8 Å². The molecular formula is C26H31N5O2. The van der Waals surface area contributed by atoms with Crippen molar-refractivity contribution in [3.05, 3.63) is 72.1 Å². The maximum absolute atomic E-state index is 13.5. The lowest BCUT2D eigenvalue weighted by Crippen LogP contribution is -2.47. The van der Waals surface area contributed by atoms with Crippen LogP contribution < -0.4 is 5.32 Å². The first-order chi connectivity index (χ1) is 15.9. The van der Waals surface area contributed by atoms with E-state index < -0.39 is 5.41 Å². The highest BCUT2D eigenvalue weighted by atomic mass is 16.2. The lowest BCUT2D eigenvalue weighted by atomic mass is 9.78. The minimum absolute atomic E-state index is 0.00673. The van der Waals surface area contributed by atoms with Gasteiger partial charge in [0.25, 0.3) is 0 Å².